The van der Waals surface area contributed by atoms with E-state index in [-0.39, 0.29) is 23.0 Å². The molecule has 0 aliphatic rings. The first-order valence-corrected chi connectivity index (χ1v) is 4.52. The van der Waals surface area contributed by atoms with Crippen molar-refractivity contribution in [2.75, 3.05) is 27.2 Å². The van der Waals surface area contributed by atoms with Gasteiger partial charge in [-0.1, -0.05) is 6.58 Å². The summed E-state index contributed by atoms with van der Waals surface area (Å²) in [7, 11) is 4.23. The van der Waals surface area contributed by atoms with Gasteiger partial charge >= 0.3 is 5.97 Å². The monoisotopic (exact) mass is 265 g/mol. The molecule has 84 valence electrons. The van der Waals surface area contributed by atoms with Crippen LogP contribution in [0.1, 0.15) is 13.8 Å². The third-order valence-electron chi connectivity index (χ3n) is 2.48. The summed E-state index contributed by atoms with van der Waals surface area (Å²) in [6.45, 7) is 8.91. The summed E-state index contributed by atoms with van der Waals surface area (Å²) in [6, 6.07) is 0.530. The van der Waals surface area contributed by atoms with E-state index in [9.17, 15) is 4.79 Å². The van der Waals surface area contributed by atoms with Crippen LogP contribution in [0.3, 0.4) is 0 Å². The van der Waals surface area contributed by atoms with Gasteiger partial charge in [0, 0.05) is 6.08 Å². The van der Waals surface area contributed by atoms with Crippen LogP contribution in [0.2, 0.25) is 0 Å². The lowest BCUT2D eigenvalue weighted by molar-refractivity contribution is -0.911. The Bertz CT molecular complexity index is 191. The van der Waals surface area contributed by atoms with Crippen molar-refractivity contribution < 1.29 is 31.0 Å². The van der Waals surface area contributed by atoms with Crippen LogP contribution in [0.15, 0.2) is 12.7 Å². The molecule has 3 nitrogen and oxygen atoms in total. The molecule has 0 saturated carbocycles. The lowest BCUT2D eigenvalue weighted by Gasteiger charge is -2.33. The van der Waals surface area contributed by atoms with Crippen LogP contribution in [0.5, 0.6) is 0 Å². The minimum Gasteiger partial charge on any atom is -1.00 e. The largest absolute Gasteiger partial charge is 1.00 e. The highest BCUT2D eigenvalue weighted by atomic mass is 79.9. The third-order valence-corrected chi connectivity index (χ3v) is 2.48. The summed E-state index contributed by atoms with van der Waals surface area (Å²) in [5.41, 5.74) is 0. The van der Waals surface area contributed by atoms with Gasteiger partial charge in [0.05, 0.1) is 20.1 Å². The van der Waals surface area contributed by atoms with Gasteiger partial charge in [-0.2, -0.15) is 0 Å². The fourth-order valence-corrected chi connectivity index (χ4v) is 0.699. The maximum absolute atomic E-state index is 10.7. The summed E-state index contributed by atoms with van der Waals surface area (Å²) in [5, 5.41) is 0. The Kier molecular flexibility index (Phi) is 8.06. The Hall–Kier alpha value is -0.350. The van der Waals surface area contributed by atoms with Gasteiger partial charge < -0.3 is 26.2 Å². The van der Waals surface area contributed by atoms with E-state index in [1.54, 1.807) is 0 Å². The topological polar surface area (TPSA) is 26.3 Å². The summed E-state index contributed by atoms with van der Waals surface area (Å²) >= 11 is 0. The zero-order valence-corrected chi connectivity index (χ0v) is 11.0. The first-order chi connectivity index (χ1) is 5.90. The molecule has 0 saturated heterocycles. The predicted octanol–water partition coefficient (Wildman–Crippen LogP) is -1.80. The molecule has 0 unspecified atom stereocenters. The normalized spacial score (nSPS) is 10.6. The Labute approximate surface area is 97.1 Å². The molecule has 0 heterocycles. The predicted molar refractivity (Wildman–Crippen MR) is 53.3 cm³/mol. The minimum absolute atomic E-state index is 0. The van der Waals surface area contributed by atoms with Gasteiger partial charge in [-0.05, 0) is 13.8 Å². The van der Waals surface area contributed by atoms with Crippen LogP contribution < -0.4 is 17.0 Å². The highest BCUT2D eigenvalue weighted by molar-refractivity contribution is 5.81. The van der Waals surface area contributed by atoms with Crippen LogP contribution in [0.25, 0.3) is 0 Å². The molecular weight excluding hydrogens is 246 g/mol. The van der Waals surface area contributed by atoms with E-state index < -0.39 is 0 Å². The van der Waals surface area contributed by atoms with Crippen molar-refractivity contribution >= 4 is 5.97 Å². The first kappa shape index (κ1) is 16.1. The van der Waals surface area contributed by atoms with Crippen molar-refractivity contribution in [1.82, 2.24) is 0 Å². The van der Waals surface area contributed by atoms with Crippen LogP contribution in [0, 0.1) is 0 Å². The van der Waals surface area contributed by atoms with Gasteiger partial charge in [0.2, 0.25) is 0 Å². The number of hydrogen-bond acceptors (Lipinski definition) is 2. The quantitative estimate of drug-likeness (QED) is 0.333. The lowest BCUT2D eigenvalue weighted by Crippen LogP contribution is -3.00. The highest BCUT2D eigenvalue weighted by Crippen LogP contribution is 2.04. The van der Waals surface area contributed by atoms with Crippen molar-refractivity contribution in [3.63, 3.8) is 0 Å². The van der Waals surface area contributed by atoms with Crippen molar-refractivity contribution in [2.24, 2.45) is 0 Å². The average molecular weight is 266 g/mol. The van der Waals surface area contributed by atoms with Crippen LogP contribution in [-0.4, -0.2) is 43.7 Å². The Morgan fingerprint density at radius 3 is 2.36 bits per heavy atom. The maximum Gasteiger partial charge on any atom is 0.330 e. The number of ether oxygens (including phenoxy) is 1. The zero-order chi connectivity index (χ0) is 10.5. The standard InChI is InChI=1S/C10H20NO2.BrH/c1-6-10(12)13-8-7-11(4,5)9(2)3;/h6,9H,1,7-8H2,2-5H3;1H/q+1;/p-1. The Morgan fingerprint density at radius 2 is 2.00 bits per heavy atom. The fraction of sp³-hybridized carbons (Fsp3) is 0.700. The molecule has 0 aliphatic heterocycles. The van der Waals surface area contributed by atoms with E-state index in [2.05, 4.69) is 34.5 Å². The van der Waals surface area contributed by atoms with Crippen LogP contribution in [0.4, 0.5) is 0 Å². The van der Waals surface area contributed by atoms with Gasteiger partial charge in [0.15, 0.2) is 0 Å². The van der Waals surface area contributed by atoms with E-state index in [0.717, 1.165) is 11.0 Å². The molecule has 0 aromatic carbocycles. The molecule has 0 rings (SSSR count). The highest BCUT2D eigenvalue weighted by Gasteiger charge is 2.19. The SMILES string of the molecule is C=CC(=O)OCC[N+](C)(C)C(C)C.[Br-]. The lowest BCUT2D eigenvalue weighted by atomic mass is 10.3. The van der Waals surface area contributed by atoms with Crippen molar-refractivity contribution in [2.45, 2.75) is 19.9 Å². The van der Waals surface area contributed by atoms with Crippen LogP contribution in [-0.2, 0) is 9.53 Å². The van der Waals surface area contributed by atoms with Gasteiger partial charge in [0.1, 0.15) is 13.2 Å². The van der Waals surface area contributed by atoms with Gasteiger partial charge in [0.25, 0.3) is 0 Å². The van der Waals surface area contributed by atoms with Gasteiger partial charge in [-0.25, -0.2) is 4.79 Å². The molecule has 0 aliphatic carbocycles. The van der Waals surface area contributed by atoms with Gasteiger partial charge in [-0.3, -0.25) is 0 Å². The Balaban J connectivity index is 0. The maximum atomic E-state index is 10.7. The molecular formula is C10H20BrNO2. The van der Waals surface area contributed by atoms with E-state index in [1.165, 1.54) is 6.08 Å². The molecule has 0 bridgehead atoms. The smallest absolute Gasteiger partial charge is 0.330 e. The number of quaternary nitrogens is 1. The van der Waals surface area contributed by atoms with Gasteiger partial charge in [-0.15, -0.1) is 0 Å². The molecule has 0 aromatic rings. The second kappa shape index (κ2) is 7.01. The Morgan fingerprint density at radius 1 is 1.50 bits per heavy atom. The molecule has 0 atom stereocenters. The number of carbonyl (C=O) groups excluding carboxylic acids is 1. The molecule has 0 aromatic heterocycles. The van der Waals surface area contributed by atoms with E-state index in [1.807, 2.05) is 0 Å². The molecule has 0 radical (unpaired) electrons. The average Bonchev–Trinajstić information content (AvgIpc) is 2.03. The zero-order valence-electron chi connectivity index (χ0n) is 9.42. The third kappa shape index (κ3) is 6.16. The molecule has 0 amide bonds. The number of carbonyl (C=O) groups is 1. The van der Waals surface area contributed by atoms with Crippen LogP contribution >= 0.6 is 0 Å². The fourth-order valence-electron chi connectivity index (χ4n) is 0.699. The number of rotatable bonds is 5. The molecule has 4 heteroatoms. The number of halogens is 1. The minimum atomic E-state index is -0.344. The number of esters is 1. The van der Waals surface area contributed by atoms with Crippen molar-refractivity contribution in [3.05, 3.63) is 12.7 Å². The summed E-state index contributed by atoms with van der Waals surface area (Å²) in [6.07, 6.45) is 1.19. The molecule has 14 heavy (non-hydrogen) atoms. The molecule has 0 fully saturated rings. The molecule has 0 spiro atoms. The first-order valence-electron chi connectivity index (χ1n) is 4.52. The summed E-state index contributed by atoms with van der Waals surface area (Å²) < 4.78 is 5.76. The summed E-state index contributed by atoms with van der Waals surface area (Å²) in [5.74, 6) is -0.344. The second-order valence-corrected chi connectivity index (χ2v) is 3.97. The molecule has 0 N–H and O–H groups in total. The van der Waals surface area contributed by atoms with E-state index >= 15 is 0 Å². The summed E-state index contributed by atoms with van der Waals surface area (Å²) in [4.78, 5) is 10.7. The number of likely N-dealkylation sites (N-methyl/N-ethyl adjacent to an activating group) is 1. The van der Waals surface area contributed by atoms with Crippen molar-refractivity contribution in [1.29, 1.82) is 0 Å². The second-order valence-electron chi connectivity index (χ2n) is 3.97. The van der Waals surface area contributed by atoms with E-state index in [4.69, 9.17) is 4.74 Å². The number of hydrogen-bond donors (Lipinski definition) is 0. The van der Waals surface area contributed by atoms with Crippen molar-refractivity contribution in [3.8, 4) is 0 Å². The number of nitrogens with zero attached hydrogens (tertiary/aromatic N) is 1. The van der Waals surface area contributed by atoms with E-state index in [0.29, 0.717) is 12.6 Å².